The highest BCUT2D eigenvalue weighted by Crippen LogP contribution is 2.36. The predicted molar refractivity (Wildman–Crippen MR) is 51.2 cm³/mol. The molecule has 0 fully saturated rings. The summed E-state index contributed by atoms with van der Waals surface area (Å²) in [7, 11) is 1.10. The van der Waals surface area contributed by atoms with Gasteiger partial charge in [-0.1, -0.05) is 0 Å². The molecule has 0 unspecified atom stereocenters. The van der Waals surface area contributed by atoms with Gasteiger partial charge in [0.15, 0.2) is 0 Å². The van der Waals surface area contributed by atoms with Gasteiger partial charge in [0.1, 0.15) is 17.4 Å². The van der Waals surface area contributed by atoms with Crippen molar-refractivity contribution in [2.45, 2.75) is 6.18 Å². The molecule has 1 amide bonds. The maximum atomic E-state index is 12.6. The molecular formula is C10H7F3N2O2. The average molecular weight is 244 g/mol. The van der Waals surface area contributed by atoms with Crippen LogP contribution in [-0.2, 0) is 6.18 Å². The van der Waals surface area contributed by atoms with Crippen LogP contribution in [0.2, 0.25) is 0 Å². The van der Waals surface area contributed by atoms with Gasteiger partial charge in [0, 0.05) is 5.56 Å². The summed E-state index contributed by atoms with van der Waals surface area (Å²) in [6.45, 7) is 0. The van der Waals surface area contributed by atoms with Gasteiger partial charge in [0.25, 0.3) is 0 Å². The van der Waals surface area contributed by atoms with Crippen molar-refractivity contribution in [3.63, 3.8) is 0 Å². The molecule has 1 aromatic rings. The number of carbonyl (C=O) groups is 1. The van der Waals surface area contributed by atoms with Gasteiger partial charge in [-0.3, -0.25) is 4.79 Å². The SMILES string of the molecule is COc1cc(C(N)=O)cc(C(F)(F)F)c1C#N. The molecule has 0 saturated carbocycles. The van der Waals surface area contributed by atoms with E-state index in [2.05, 4.69) is 4.74 Å². The van der Waals surface area contributed by atoms with Gasteiger partial charge in [-0.25, -0.2) is 0 Å². The normalized spacial score (nSPS) is 10.8. The van der Waals surface area contributed by atoms with E-state index in [0.29, 0.717) is 6.07 Å². The Morgan fingerprint density at radius 1 is 1.47 bits per heavy atom. The number of rotatable bonds is 2. The molecule has 0 aliphatic heterocycles. The van der Waals surface area contributed by atoms with E-state index < -0.39 is 23.2 Å². The number of benzene rings is 1. The number of hydrogen-bond donors (Lipinski definition) is 1. The molecule has 0 spiro atoms. The molecule has 0 bridgehead atoms. The van der Waals surface area contributed by atoms with Crippen LogP contribution in [0.25, 0.3) is 0 Å². The molecule has 4 nitrogen and oxygen atoms in total. The molecule has 0 aromatic heterocycles. The lowest BCUT2D eigenvalue weighted by Gasteiger charge is -2.13. The number of hydrogen-bond acceptors (Lipinski definition) is 3. The van der Waals surface area contributed by atoms with Crippen molar-refractivity contribution >= 4 is 5.91 Å². The second-order valence-electron chi connectivity index (χ2n) is 3.07. The minimum atomic E-state index is -4.76. The molecule has 0 saturated heterocycles. The van der Waals surface area contributed by atoms with Crippen molar-refractivity contribution in [2.24, 2.45) is 5.73 Å². The number of alkyl halides is 3. The fraction of sp³-hybridized carbons (Fsp3) is 0.200. The molecule has 0 aliphatic carbocycles. The number of nitrogens with zero attached hydrogens (tertiary/aromatic N) is 1. The molecule has 1 rings (SSSR count). The highest BCUT2D eigenvalue weighted by molar-refractivity contribution is 5.93. The van der Waals surface area contributed by atoms with Crippen molar-refractivity contribution < 1.29 is 22.7 Å². The third-order valence-corrected chi connectivity index (χ3v) is 2.02. The van der Waals surface area contributed by atoms with Crippen LogP contribution >= 0.6 is 0 Å². The molecule has 90 valence electrons. The molecule has 0 heterocycles. The van der Waals surface area contributed by atoms with E-state index in [9.17, 15) is 18.0 Å². The maximum absolute atomic E-state index is 12.6. The number of methoxy groups -OCH3 is 1. The lowest BCUT2D eigenvalue weighted by molar-refractivity contribution is -0.137. The van der Waals surface area contributed by atoms with Crippen LogP contribution in [0.3, 0.4) is 0 Å². The first-order valence-electron chi connectivity index (χ1n) is 4.30. The lowest BCUT2D eigenvalue weighted by Crippen LogP contribution is -2.15. The number of ether oxygens (including phenoxy) is 1. The Hall–Kier alpha value is -2.23. The Morgan fingerprint density at radius 3 is 2.41 bits per heavy atom. The number of carbonyl (C=O) groups excluding carboxylic acids is 1. The molecule has 0 aliphatic rings. The van der Waals surface area contributed by atoms with Crippen LogP contribution in [0.4, 0.5) is 13.2 Å². The highest BCUT2D eigenvalue weighted by atomic mass is 19.4. The Labute approximate surface area is 94.4 Å². The van der Waals surface area contributed by atoms with Crippen molar-refractivity contribution in [3.05, 3.63) is 28.8 Å². The molecule has 7 heteroatoms. The minimum absolute atomic E-state index is 0.337. The molecular weight excluding hydrogens is 237 g/mol. The van der Waals surface area contributed by atoms with Gasteiger partial charge in [0.2, 0.25) is 5.91 Å². The van der Waals surface area contributed by atoms with E-state index in [4.69, 9.17) is 11.0 Å². The number of halogens is 3. The fourth-order valence-corrected chi connectivity index (χ4v) is 1.26. The van der Waals surface area contributed by atoms with Gasteiger partial charge in [-0.05, 0) is 12.1 Å². The van der Waals surface area contributed by atoms with E-state index in [-0.39, 0.29) is 11.3 Å². The monoisotopic (exact) mass is 244 g/mol. The summed E-state index contributed by atoms with van der Waals surface area (Å²) in [4.78, 5) is 10.9. The molecule has 0 atom stereocenters. The highest BCUT2D eigenvalue weighted by Gasteiger charge is 2.36. The number of nitrogens with two attached hydrogens (primary N) is 1. The Balaban J connectivity index is 3.61. The topological polar surface area (TPSA) is 76.1 Å². The van der Waals surface area contributed by atoms with E-state index >= 15 is 0 Å². The zero-order valence-electron chi connectivity index (χ0n) is 8.63. The van der Waals surface area contributed by atoms with Crippen LogP contribution in [0.1, 0.15) is 21.5 Å². The standard InChI is InChI=1S/C10H7F3N2O2/c1-17-8-3-5(9(15)16)2-7(6(8)4-14)10(11,12)13/h2-3H,1H3,(H2,15,16). The number of amides is 1. The zero-order valence-corrected chi connectivity index (χ0v) is 8.63. The van der Waals surface area contributed by atoms with Crippen molar-refractivity contribution in [3.8, 4) is 11.8 Å². The largest absolute Gasteiger partial charge is 0.495 e. The van der Waals surface area contributed by atoms with Crippen molar-refractivity contribution in [1.29, 1.82) is 5.26 Å². The van der Waals surface area contributed by atoms with Gasteiger partial charge < -0.3 is 10.5 Å². The first-order valence-corrected chi connectivity index (χ1v) is 4.30. The third kappa shape index (κ3) is 2.47. The summed E-state index contributed by atoms with van der Waals surface area (Å²) < 4.78 is 42.5. The summed E-state index contributed by atoms with van der Waals surface area (Å²) in [5.41, 5.74) is 2.61. The summed E-state index contributed by atoms with van der Waals surface area (Å²) in [6.07, 6.45) is -4.76. The summed E-state index contributed by atoms with van der Waals surface area (Å²) in [5, 5.41) is 8.68. The smallest absolute Gasteiger partial charge is 0.417 e. The van der Waals surface area contributed by atoms with E-state index in [1.807, 2.05) is 0 Å². The van der Waals surface area contributed by atoms with Crippen LogP contribution in [0, 0.1) is 11.3 Å². The quantitative estimate of drug-likeness (QED) is 0.859. The lowest BCUT2D eigenvalue weighted by atomic mass is 10.0. The molecule has 0 radical (unpaired) electrons. The Bertz CT molecular complexity index is 503. The van der Waals surface area contributed by atoms with Crippen molar-refractivity contribution in [2.75, 3.05) is 7.11 Å². The summed E-state index contributed by atoms with van der Waals surface area (Å²) in [6, 6.07) is 2.92. The zero-order chi connectivity index (χ0) is 13.2. The van der Waals surface area contributed by atoms with Crippen LogP contribution in [0.5, 0.6) is 5.75 Å². The summed E-state index contributed by atoms with van der Waals surface area (Å²) >= 11 is 0. The van der Waals surface area contributed by atoms with Gasteiger partial charge in [-0.2, -0.15) is 18.4 Å². The van der Waals surface area contributed by atoms with Crippen molar-refractivity contribution in [1.82, 2.24) is 0 Å². The number of nitriles is 1. The molecule has 17 heavy (non-hydrogen) atoms. The molecule has 2 N–H and O–H groups in total. The van der Waals surface area contributed by atoms with Crippen LogP contribution < -0.4 is 10.5 Å². The first kappa shape index (κ1) is 12.8. The van der Waals surface area contributed by atoms with Crippen LogP contribution in [0.15, 0.2) is 12.1 Å². The average Bonchev–Trinajstić information content (AvgIpc) is 2.25. The van der Waals surface area contributed by atoms with E-state index in [1.54, 1.807) is 0 Å². The Morgan fingerprint density at radius 2 is 2.06 bits per heavy atom. The van der Waals surface area contributed by atoms with Gasteiger partial charge in [0.05, 0.1) is 12.7 Å². The minimum Gasteiger partial charge on any atom is -0.495 e. The van der Waals surface area contributed by atoms with Crippen LogP contribution in [-0.4, -0.2) is 13.0 Å². The second-order valence-corrected chi connectivity index (χ2v) is 3.07. The van der Waals surface area contributed by atoms with E-state index in [0.717, 1.165) is 13.2 Å². The first-order chi connectivity index (χ1) is 7.81. The summed E-state index contributed by atoms with van der Waals surface area (Å²) in [5.74, 6) is -1.37. The third-order valence-electron chi connectivity index (χ3n) is 2.02. The van der Waals surface area contributed by atoms with Gasteiger partial charge in [-0.15, -0.1) is 0 Å². The number of primary amides is 1. The Kier molecular flexibility index (Phi) is 3.27. The fourth-order valence-electron chi connectivity index (χ4n) is 1.26. The molecule has 1 aromatic carbocycles. The second kappa shape index (κ2) is 4.33. The maximum Gasteiger partial charge on any atom is 0.417 e. The predicted octanol–water partition coefficient (Wildman–Crippen LogP) is 1.68. The van der Waals surface area contributed by atoms with E-state index in [1.165, 1.54) is 6.07 Å². The van der Waals surface area contributed by atoms with Gasteiger partial charge >= 0.3 is 6.18 Å².